The van der Waals surface area contributed by atoms with E-state index in [2.05, 4.69) is 5.32 Å². The molecule has 2 rings (SSSR count). The normalized spacial score (nSPS) is 10.4. The van der Waals surface area contributed by atoms with Crippen LogP contribution < -0.4 is 10.1 Å². The van der Waals surface area contributed by atoms with Gasteiger partial charge >= 0.3 is 0 Å². The molecule has 1 N–H and O–H groups in total. The molecular formula is C16H17F2NO. The fourth-order valence-corrected chi connectivity index (χ4v) is 2.07. The Balaban J connectivity index is 2.15. The molecule has 2 nitrogen and oxygen atoms in total. The molecule has 0 saturated heterocycles. The lowest BCUT2D eigenvalue weighted by Crippen LogP contribution is -2.04. The second kappa shape index (κ2) is 5.90. The highest BCUT2D eigenvalue weighted by atomic mass is 19.2. The second-order valence-electron chi connectivity index (χ2n) is 4.66. The minimum atomic E-state index is -0.849. The zero-order valence-corrected chi connectivity index (χ0v) is 11.8. The SMILES string of the molecule is COc1ccc(CNc2ccc(F)c(F)c2)c(C)c1C. The van der Waals surface area contributed by atoms with Crippen LogP contribution in [0.4, 0.5) is 14.5 Å². The highest BCUT2D eigenvalue weighted by molar-refractivity contribution is 5.47. The van der Waals surface area contributed by atoms with Crippen LogP contribution in [-0.2, 0) is 6.54 Å². The molecule has 0 spiro atoms. The predicted octanol–water partition coefficient (Wildman–Crippen LogP) is 4.20. The summed E-state index contributed by atoms with van der Waals surface area (Å²) in [5.41, 5.74) is 3.85. The third-order valence-corrected chi connectivity index (χ3v) is 3.47. The number of halogens is 2. The van der Waals surface area contributed by atoms with Crippen molar-refractivity contribution < 1.29 is 13.5 Å². The Bertz CT molecular complexity index is 626. The zero-order chi connectivity index (χ0) is 14.7. The molecule has 0 aliphatic carbocycles. The van der Waals surface area contributed by atoms with Crippen LogP contribution in [0.1, 0.15) is 16.7 Å². The molecule has 0 bridgehead atoms. The Morgan fingerprint density at radius 3 is 2.40 bits per heavy atom. The third-order valence-electron chi connectivity index (χ3n) is 3.47. The summed E-state index contributed by atoms with van der Waals surface area (Å²) in [5.74, 6) is -0.844. The highest BCUT2D eigenvalue weighted by Gasteiger charge is 2.07. The molecule has 0 aliphatic rings. The number of methoxy groups -OCH3 is 1. The number of nitrogens with one attached hydrogen (secondary N) is 1. The number of ether oxygens (including phenoxy) is 1. The van der Waals surface area contributed by atoms with E-state index in [9.17, 15) is 8.78 Å². The Labute approximate surface area is 117 Å². The molecule has 0 radical (unpaired) electrons. The van der Waals surface area contributed by atoms with E-state index < -0.39 is 11.6 Å². The van der Waals surface area contributed by atoms with E-state index in [0.717, 1.165) is 34.6 Å². The number of hydrogen-bond donors (Lipinski definition) is 1. The van der Waals surface area contributed by atoms with Gasteiger partial charge in [0.2, 0.25) is 0 Å². The second-order valence-corrected chi connectivity index (χ2v) is 4.66. The van der Waals surface area contributed by atoms with E-state index in [1.807, 2.05) is 26.0 Å². The van der Waals surface area contributed by atoms with Crippen LogP contribution in [0.2, 0.25) is 0 Å². The quantitative estimate of drug-likeness (QED) is 0.904. The Hall–Kier alpha value is -2.10. The fourth-order valence-electron chi connectivity index (χ4n) is 2.07. The van der Waals surface area contributed by atoms with Crippen LogP contribution in [-0.4, -0.2) is 7.11 Å². The first kappa shape index (κ1) is 14.3. The predicted molar refractivity (Wildman–Crippen MR) is 76.2 cm³/mol. The topological polar surface area (TPSA) is 21.3 Å². The van der Waals surface area contributed by atoms with E-state index >= 15 is 0 Å². The molecule has 2 aromatic rings. The summed E-state index contributed by atoms with van der Waals surface area (Å²) in [4.78, 5) is 0. The summed E-state index contributed by atoms with van der Waals surface area (Å²) in [6, 6.07) is 7.66. The highest BCUT2D eigenvalue weighted by Crippen LogP contribution is 2.24. The van der Waals surface area contributed by atoms with Gasteiger partial charge in [-0.25, -0.2) is 8.78 Å². The molecule has 2 aromatic carbocycles. The van der Waals surface area contributed by atoms with Gasteiger partial charge in [-0.1, -0.05) is 6.07 Å². The molecule has 4 heteroatoms. The van der Waals surface area contributed by atoms with Gasteiger partial charge in [-0.3, -0.25) is 0 Å². The maximum atomic E-state index is 13.1. The van der Waals surface area contributed by atoms with Gasteiger partial charge in [0.25, 0.3) is 0 Å². The molecular weight excluding hydrogens is 260 g/mol. The van der Waals surface area contributed by atoms with Gasteiger partial charge in [-0.2, -0.15) is 0 Å². The van der Waals surface area contributed by atoms with Crippen LogP contribution in [0.15, 0.2) is 30.3 Å². The molecule has 0 saturated carbocycles. The van der Waals surface area contributed by atoms with E-state index in [0.29, 0.717) is 12.2 Å². The van der Waals surface area contributed by atoms with Gasteiger partial charge in [-0.15, -0.1) is 0 Å². The average Bonchev–Trinajstić information content (AvgIpc) is 2.44. The van der Waals surface area contributed by atoms with Crippen LogP contribution >= 0.6 is 0 Å². The van der Waals surface area contributed by atoms with Gasteiger partial charge in [0.05, 0.1) is 7.11 Å². The number of rotatable bonds is 4. The van der Waals surface area contributed by atoms with Crippen molar-refractivity contribution in [1.29, 1.82) is 0 Å². The standard InChI is InChI=1S/C16H17F2NO/c1-10-11(2)16(20-3)7-4-12(10)9-19-13-5-6-14(17)15(18)8-13/h4-8,19H,9H2,1-3H3. The number of hydrogen-bond acceptors (Lipinski definition) is 2. The maximum Gasteiger partial charge on any atom is 0.160 e. The molecule has 0 amide bonds. The Kier molecular flexibility index (Phi) is 4.23. The molecule has 106 valence electrons. The van der Waals surface area contributed by atoms with E-state index in [-0.39, 0.29) is 0 Å². The molecule has 20 heavy (non-hydrogen) atoms. The summed E-state index contributed by atoms with van der Waals surface area (Å²) in [5, 5.41) is 3.09. The Morgan fingerprint density at radius 1 is 1.00 bits per heavy atom. The smallest absolute Gasteiger partial charge is 0.160 e. The van der Waals surface area contributed by atoms with Crippen LogP contribution in [0, 0.1) is 25.5 Å². The lowest BCUT2D eigenvalue weighted by molar-refractivity contribution is 0.411. The first-order valence-corrected chi connectivity index (χ1v) is 6.35. The largest absolute Gasteiger partial charge is 0.496 e. The van der Waals surface area contributed by atoms with Crippen molar-refractivity contribution in [1.82, 2.24) is 0 Å². The van der Waals surface area contributed by atoms with Gasteiger partial charge in [-0.05, 0) is 48.7 Å². The summed E-state index contributed by atoms with van der Waals surface area (Å²) < 4.78 is 31.2. The van der Waals surface area contributed by atoms with Crippen molar-refractivity contribution in [3.8, 4) is 5.75 Å². The van der Waals surface area contributed by atoms with E-state index in [1.54, 1.807) is 7.11 Å². The number of benzene rings is 2. The summed E-state index contributed by atoms with van der Waals surface area (Å²) in [6.45, 7) is 4.55. The van der Waals surface area contributed by atoms with E-state index in [4.69, 9.17) is 4.74 Å². The zero-order valence-electron chi connectivity index (χ0n) is 11.8. The lowest BCUT2D eigenvalue weighted by Gasteiger charge is -2.14. The van der Waals surface area contributed by atoms with Crippen molar-refractivity contribution in [3.05, 3.63) is 58.7 Å². The molecule has 0 atom stereocenters. The van der Waals surface area contributed by atoms with Crippen molar-refractivity contribution in [2.45, 2.75) is 20.4 Å². The monoisotopic (exact) mass is 277 g/mol. The van der Waals surface area contributed by atoms with Crippen molar-refractivity contribution in [2.24, 2.45) is 0 Å². The molecule has 0 heterocycles. The van der Waals surface area contributed by atoms with E-state index in [1.165, 1.54) is 6.07 Å². The lowest BCUT2D eigenvalue weighted by atomic mass is 10.0. The average molecular weight is 277 g/mol. The minimum absolute atomic E-state index is 0.543. The first-order valence-electron chi connectivity index (χ1n) is 6.35. The van der Waals surface area contributed by atoms with Crippen molar-refractivity contribution >= 4 is 5.69 Å². The third kappa shape index (κ3) is 2.90. The molecule has 0 fully saturated rings. The summed E-state index contributed by atoms with van der Waals surface area (Å²) in [7, 11) is 1.64. The molecule has 0 unspecified atom stereocenters. The minimum Gasteiger partial charge on any atom is -0.496 e. The number of anilines is 1. The molecule has 0 aromatic heterocycles. The molecule has 0 aliphatic heterocycles. The maximum absolute atomic E-state index is 13.1. The van der Waals surface area contributed by atoms with Gasteiger partial charge < -0.3 is 10.1 Å². The fraction of sp³-hybridized carbons (Fsp3) is 0.250. The summed E-state index contributed by atoms with van der Waals surface area (Å²) >= 11 is 0. The van der Waals surface area contributed by atoms with Crippen LogP contribution in [0.3, 0.4) is 0 Å². The Morgan fingerprint density at radius 2 is 1.75 bits per heavy atom. The van der Waals surface area contributed by atoms with Crippen LogP contribution in [0.5, 0.6) is 5.75 Å². The van der Waals surface area contributed by atoms with Crippen molar-refractivity contribution in [3.63, 3.8) is 0 Å². The van der Waals surface area contributed by atoms with Gasteiger partial charge in [0.1, 0.15) is 5.75 Å². The van der Waals surface area contributed by atoms with Gasteiger partial charge in [0, 0.05) is 18.3 Å². The van der Waals surface area contributed by atoms with Crippen LogP contribution in [0.25, 0.3) is 0 Å². The van der Waals surface area contributed by atoms with Crippen molar-refractivity contribution in [2.75, 3.05) is 12.4 Å². The van der Waals surface area contributed by atoms with Gasteiger partial charge in [0.15, 0.2) is 11.6 Å². The first-order chi connectivity index (χ1) is 9.52. The summed E-state index contributed by atoms with van der Waals surface area (Å²) in [6.07, 6.45) is 0.